The first kappa shape index (κ1) is 21.4. The average Bonchev–Trinajstić information content (AvgIpc) is 3.19. The highest BCUT2D eigenvalue weighted by molar-refractivity contribution is 7.89. The number of nitrogens with zero attached hydrogens (tertiary/aromatic N) is 2. The van der Waals surface area contributed by atoms with Gasteiger partial charge in [-0.05, 0) is 42.8 Å². The van der Waals surface area contributed by atoms with E-state index in [4.69, 9.17) is 0 Å². The van der Waals surface area contributed by atoms with Crippen LogP contribution in [0, 0.1) is 5.82 Å². The fraction of sp³-hybridized carbons (Fsp3) is 0.316. The summed E-state index contributed by atoms with van der Waals surface area (Å²) in [7, 11) is -4.09. The van der Waals surface area contributed by atoms with E-state index in [1.54, 1.807) is 0 Å². The lowest BCUT2D eigenvalue weighted by atomic mass is 10.2. The highest BCUT2D eigenvalue weighted by Crippen LogP contribution is 2.32. The number of halogens is 4. The van der Waals surface area contributed by atoms with Crippen LogP contribution in [0.15, 0.2) is 53.4 Å². The number of amides is 2. The highest BCUT2D eigenvalue weighted by atomic mass is 32.2. The van der Waals surface area contributed by atoms with Crippen molar-refractivity contribution in [3.8, 4) is 5.75 Å². The second kappa shape index (κ2) is 7.68. The van der Waals surface area contributed by atoms with E-state index in [2.05, 4.69) is 9.46 Å². The molecule has 2 fully saturated rings. The Balaban J connectivity index is 1.41. The smallest absolute Gasteiger partial charge is 0.406 e. The SMILES string of the molecule is O=C1N(c2ccc(OC(F)(F)F)cc2)C[C@@H]2C[C@@H](NS(=O)(=O)c3ccccc3F)CN12. The molecule has 4 rings (SSSR count). The van der Waals surface area contributed by atoms with Crippen LogP contribution in [-0.2, 0) is 10.0 Å². The minimum atomic E-state index is -4.81. The summed E-state index contributed by atoms with van der Waals surface area (Å²) < 4.78 is 81.9. The zero-order chi connectivity index (χ0) is 22.4. The largest absolute Gasteiger partial charge is 0.573 e. The zero-order valence-electron chi connectivity index (χ0n) is 15.8. The lowest BCUT2D eigenvalue weighted by Crippen LogP contribution is -2.40. The molecule has 31 heavy (non-hydrogen) atoms. The van der Waals surface area contributed by atoms with Crippen molar-refractivity contribution >= 4 is 21.7 Å². The predicted octanol–water partition coefficient (Wildman–Crippen LogP) is 3.09. The second-order valence-electron chi connectivity index (χ2n) is 7.23. The van der Waals surface area contributed by atoms with Crippen LogP contribution in [-0.4, -0.2) is 50.9 Å². The van der Waals surface area contributed by atoms with Gasteiger partial charge in [0, 0.05) is 24.8 Å². The van der Waals surface area contributed by atoms with E-state index in [-0.39, 0.29) is 25.2 Å². The van der Waals surface area contributed by atoms with Crippen molar-refractivity contribution in [1.82, 2.24) is 9.62 Å². The van der Waals surface area contributed by atoms with Crippen LogP contribution in [0.5, 0.6) is 5.75 Å². The number of alkyl halides is 3. The Kier molecular flexibility index (Phi) is 5.30. The lowest BCUT2D eigenvalue weighted by molar-refractivity contribution is -0.274. The molecule has 0 radical (unpaired) electrons. The molecule has 0 bridgehead atoms. The van der Waals surface area contributed by atoms with Crippen LogP contribution in [0.2, 0.25) is 0 Å². The van der Waals surface area contributed by atoms with Crippen LogP contribution in [0.3, 0.4) is 0 Å². The molecule has 0 saturated carbocycles. The summed E-state index contributed by atoms with van der Waals surface area (Å²) in [5.74, 6) is -1.26. The van der Waals surface area contributed by atoms with Gasteiger partial charge >= 0.3 is 12.4 Å². The van der Waals surface area contributed by atoms with Gasteiger partial charge < -0.3 is 9.64 Å². The monoisotopic (exact) mass is 459 g/mol. The number of carbonyl (C=O) groups excluding carboxylic acids is 1. The minimum absolute atomic E-state index is 0.100. The molecule has 1 N–H and O–H groups in total. The van der Waals surface area contributed by atoms with Crippen LogP contribution in [0.1, 0.15) is 6.42 Å². The van der Waals surface area contributed by atoms with Gasteiger partial charge in [-0.3, -0.25) is 4.90 Å². The van der Waals surface area contributed by atoms with Gasteiger partial charge in [0.1, 0.15) is 16.5 Å². The van der Waals surface area contributed by atoms with Gasteiger partial charge in [0.2, 0.25) is 10.0 Å². The molecule has 2 aromatic carbocycles. The summed E-state index contributed by atoms with van der Waals surface area (Å²) >= 11 is 0. The topological polar surface area (TPSA) is 79.0 Å². The maximum Gasteiger partial charge on any atom is 0.573 e. The fourth-order valence-electron chi connectivity index (χ4n) is 3.84. The van der Waals surface area contributed by atoms with Crippen molar-refractivity contribution in [2.45, 2.75) is 29.8 Å². The number of anilines is 1. The number of hydrogen-bond acceptors (Lipinski definition) is 4. The summed E-state index contributed by atoms with van der Waals surface area (Å²) in [4.78, 5) is 15.2. The molecular weight excluding hydrogens is 442 g/mol. The Labute approximate surface area is 175 Å². The molecular formula is C19H17F4N3O4S. The molecule has 2 amide bonds. The average molecular weight is 459 g/mol. The molecule has 0 aromatic heterocycles. The van der Waals surface area contributed by atoms with Crippen LogP contribution >= 0.6 is 0 Å². The molecule has 0 aliphatic carbocycles. The standard InChI is InChI=1S/C19H17F4N3O4S/c20-16-3-1-2-4-17(16)31(28,29)24-12-9-14-11-26(18(27)25(14)10-12)13-5-7-15(8-6-13)30-19(21,22)23/h1-8,12,14,24H,9-11H2/t12-,14+/m1/s1. The number of hydrogen-bond donors (Lipinski definition) is 1. The summed E-state index contributed by atoms with van der Waals surface area (Å²) in [6.45, 7) is 0.346. The third-order valence-electron chi connectivity index (χ3n) is 5.11. The number of benzene rings is 2. The van der Waals surface area contributed by atoms with Crippen LogP contribution in [0.4, 0.5) is 28.0 Å². The first-order chi connectivity index (χ1) is 14.5. The maximum absolute atomic E-state index is 13.8. The predicted molar refractivity (Wildman–Crippen MR) is 101 cm³/mol. The summed E-state index contributed by atoms with van der Waals surface area (Å²) in [6.07, 6.45) is -4.48. The number of rotatable bonds is 5. The Morgan fingerprint density at radius 3 is 2.32 bits per heavy atom. The maximum atomic E-state index is 13.8. The number of carbonyl (C=O) groups is 1. The third kappa shape index (κ3) is 4.44. The fourth-order valence-corrected chi connectivity index (χ4v) is 5.16. The van der Waals surface area contributed by atoms with Gasteiger partial charge in [0.05, 0.1) is 6.04 Å². The third-order valence-corrected chi connectivity index (χ3v) is 6.67. The highest BCUT2D eigenvalue weighted by Gasteiger charge is 2.45. The second-order valence-corrected chi connectivity index (χ2v) is 8.91. The summed E-state index contributed by atoms with van der Waals surface area (Å²) in [5, 5.41) is 0. The molecule has 2 atom stereocenters. The van der Waals surface area contributed by atoms with E-state index in [0.29, 0.717) is 12.1 Å². The number of sulfonamides is 1. The molecule has 2 heterocycles. The summed E-state index contributed by atoms with van der Waals surface area (Å²) in [5.41, 5.74) is 0.400. The molecule has 2 aliphatic rings. The molecule has 2 aromatic rings. The van der Waals surface area contributed by atoms with E-state index < -0.39 is 38.9 Å². The Morgan fingerprint density at radius 2 is 1.71 bits per heavy atom. The van der Waals surface area contributed by atoms with Crippen LogP contribution < -0.4 is 14.4 Å². The quantitative estimate of drug-likeness (QED) is 0.698. The van der Waals surface area contributed by atoms with E-state index in [0.717, 1.165) is 24.3 Å². The summed E-state index contributed by atoms with van der Waals surface area (Å²) in [6, 6.07) is 8.68. The van der Waals surface area contributed by atoms with Crippen molar-refractivity contribution in [1.29, 1.82) is 0 Å². The number of fused-ring (bicyclic) bond motifs is 1. The Bertz CT molecular complexity index is 1090. The van der Waals surface area contributed by atoms with Crippen molar-refractivity contribution < 1.29 is 35.5 Å². The van der Waals surface area contributed by atoms with Gasteiger partial charge in [-0.15, -0.1) is 13.2 Å². The van der Waals surface area contributed by atoms with E-state index in [1.807, 2.05) is 0 Å². The van der Waals surface area contributed by atoms with Crippen LogP contribution in [0.25, 0.3) is 0 Å². The van der Waals surface area contributed by atoms with Gasteiger partial charge in [0.15, 0.2) is 0 Å². The molecule has 12 heteroatoms. The minimum Gasteiger partial charge on any atom is -0.406 e. The van der Waals surface area contributed by atoms with Crippen molar-refractivity contribution in [3.05, 3.63) is 54.3 Å². The lowest BCUT2D eigenvalue weighted by Gasteiger charge is -2.20. The van der Waals surface area contributed by atoms with E-state index in [1.165, 1.54) is 34.1 Å². The molecule has 2 aliphatic heterocycles. The van der Waals surface area contributed by atoms with E-state index in [9.17, 15) is 30.8 Å². The molecule has 2 saturated heterocycles. The molecule has 7 nitrogen and oxygen atoms in total. The number of nitrogens with one attached hydrogen (secondary N) is 1. The molecule has 0 spiro atoms. The number of urea groups is 1. The Morgan fingerprint density at radius 1 is 1.03 bits per heavy atom. The molecule has 0 unspecified atom stereocenters. The first-order valence-corrected chi connectivity index (χ1v) is 10.7. The van der Waals surface area contributed by atoms with Gasteiger partial charge in [-0.1, -0.05) is 12.1 Å². The van der Waals surface area contributed by atoms with Gasteiger partial charge in [0.25, 0.3) is 0 Å². The zero-order valence-corrected chi connectivity index (χ0v) is 16.7. The van der Waals surface area contributed by atoms with Gasteiger partial charge in [-0.2, -0.15) is 0 Å². The van der Waals surface area contributed by atoms with E-state index >= 15 is 0 Å². The van der Waals surface area contributed by atoms with Crippen molar-refractivity contribution in [2.24, 2.45) is 0 Å². The Hall–Kier alpha value is -2.86. The normalized spacial score (nSPS) is 21.5. The number of ether oxygens (including phenoxy) is 1. The van der Waals surface area contributed by atoms with Crippen molar-refractivity contribution in [2.75, 3.05) is 18.0 Å². The first-order valence-electron chi connectivity index (χ1n) is 9.24. The van der Waals surface area contributed by atoms with Crippen molar-refractivity contribution in [3.63, 3.8) is 0 Å². The van der Waals surface area contributed by atoms with Gasteiger partial charge in [-0.25, -0.2) is 22.3 Å². The molecule has 166 valence electrons.